The molecule has 0 unspecified atom stereocenters. The molecule has 0 aliphatic carbocycles. The van der Waals surface area contributed by atoms with E-state index in [0.717, 1.165) is 0 Å². The predicted octanol–water partition coefficient (Wildman–Crippen LogP) is 2.93. The van der Waals surface area contributed by atoms with Gasteiger partial charge in [-0.2, -0.15) is 5.26 Å². The van der Waals surface area contributed by atoms with Gasteiger partial charge in [-0.3, -0.25) is 0 Å². The molecule has 0 amide bonds. The molecule has 86 valence electrons. The average Bonchev–Trinajstić information content (AvgIpc) is 2.34. The van der Waals surface area contributed by atoms with E-state index in [1.54, 1.807) is 25.2 Å². The Bertz CT molecular complexity index is 326. The highest BCUT2D eigenvalue weighted by Crippen LogP contribution is 2.03. The maximum absolute atomic E-state index is 10.8. The Kier molecular flexibility index (Phi) is 11.2. The molecule has 0 aromatic heterocycles. The van der Waals surface area contributed by atoms with Crippen LogP contribution in [0.15, 0.2) is 49.1 Å². The van der Waals surface area contributed by atoms with E-state index in [0.29, 0.717) is 17.6 Å². The molecule has 0 aliphatic heterocycles. The van der Waals surface area contributed by atoms with E-state index in [9.17, 15) is 4.79 Å². The molecule has 0 spiro atoms. The van der Waals surface area contributed by atoms with Crippen molar-refractivity contribution in [1.82, 2.24) is 0 Å². The van der Waals surface area contributed by atoms with Gasteiger partial charge in [-0.05, 0) is 13.3 Å². The van der Waals surface area contributed by atoms with Crippen LogP contribution in [-0.4, -0.2) is 13.1 Å². The van der Waals surface area contributed by atoms with Crippen LogP contribution in [0.25, 0.3) is 0 Å². The van der Waals surface area contributed by atoms with Gasteiger partial charge in [0, 0.05) is 11.1 Å². The maximum atomic E-state index is 10.8. The van der Waals surface area contributed by atoms with E-state index in [2.05, 4.69) is 24.5 Å². The Morgan fingerprint density at radius 2 is 1.94 bits per heavy atom. The molecule has 0 aromatic carbocycles. The molecule has 0 atom stereocenters. The second-order valence-electron chi connectivity index (χ2n) is 2.77. The Hall–Kier alpha value is -2.08. The number of hydrogen-bond acceptors (Lipinski definition) is 3. The highest BCUT2D eigenvalue weighted by atomic mass is 16.5. The molecule has 0 heterocycles. The molecule has 0 rings (SSSR count). The minimum atomic E-state index is -0.433. The van der Waals surface area contributed by atoms with Gasteiger partial charge in [0.2, 0.25) is 0 Å². The van der Waals surface area contributed by atoms with E-state index in [-0.39, 0.29) is 0 Å². The summed E-state index contributed by atoms with van der Waals surface area (Å²) in [6, 6.07) is 1.95. The zero-order valence-corrected chi connectivity index (χ0v) is 9.82. The van der Waals surface area contributed by atoms with Crippen molar-refractivity contribution in [2.75, 3.05) is 7.11 Å². The highest BCUT2D eigenvalue weighted by Gasteiger charge is 2.03. The lowest BCUT2D eigenvalue weighted by atomic mass is 10.1. The van der Waals surface area contributed by atoms with Crippen LogP contribution in [0.3, 0.4) is 0 Å². The van der Waals surface area contributed by atoms with Gasteiger partial charge in [0.25, 0.3) is 0 Å². The van der Waals surface area contributed by atoms with Gasteiger partial charge < -0.3 is 4.74 Å². The summed E-state index contributed by atoms with van der Waals surface area (Å²) in [6.07, 6.45) is 5.28. The Morgan fingerprint density at radius 1 is 1.44 bits per heavy atom. The molecule has 3 heteroatoms. The van der Waals surface area contributed by atoms with E-state index in [4.69, 9.17) is 5.26 Å². The van der Waals surface area contributed by atoms with Crippen molar-refractivity contribution >= 4 is 5.97 Å². The molecule has 16 heavy (non-hydrogen) atoms. The first-order valence-corrected chi connectivity index (χ1v) is 4.59. The third-order valence-electron chi connectivity index (χ3n) is 1.47. The number of methoxy groups -OCH3 is 1. The van der Waals surface area contributed by atoms with Gasteiger partial charge >= 0.3 is 5.97 Å². The van der Waals surface area contributed by atoms with E-state index in [1.165, 1.54) is 7.11 Å². The van der Waals surface area contributed by atoms with Gasteiger partial charge in [-0.15, -0.1) is 0 Å². The summed E-state index contributed by atoms with van der Waals surface area (Å²) in [5.74, 6) is -0.433. The van der Waals surface area contributed by atoms with Crippen LogP contribution in [0.5, 0.6) is 0 Å². The summed E-state index contributed by atoms with van der Waals surface area (Å²) in [6.45, 7) is 11.9. The van der Waals surface area contributed by atoms with Gasteiger partial charge in [0.05, 0.1) is 13.2 Å². The topological polar surface area (TPSA) is 50.1 Å². The zero-order valence-electron chi connectivity index (χ0n) is 9.82. The molecule has 0 bridgehead atoms. The number of rotatable bonds is 4. The summed E-state index contributed by atoms with van der Waals surface area (Å²) in [4.78, 5) is 10.8. The molecule has 0 radical (unpaired) electrons. The summed E-state index contributed by atoms with van der Waals surface area (Å²) >= 11 is 0. The number of hydrogen-bond donors (Lipinski definition) is 0. The normalized spacial score (nSPS) is 8.94. The first-order valence-electron chi connectivity index (χ1n) is 4.59. The van der Waals surface area contributed by atoms with E-state index in [1.807, 2.05) is 6.07 Å². The average molecular weight is 219 g/mol. The number of carbonyl (C=O) groups is 1. The van der Waals surface area contributed by atoms with Crippen molar-refractivity contribution in [2.24, 2.45) is 0 Å². The van der Waals surface area contributed by atoms with Crippen LogP contribution in [0.2, 0.25) is 0 Å². The van der Waals surface area contributed by atoms with Crippen LogP contribution >= 0.6 is 0 Å². The first kappa shape index (κ1) is 16.4. The third-order valence-corrected chi connectivity index (χ3v) is 1.47. The summed E-state index contributed by atoms with van der Waals surface area (Å²) in [7, 11) is 1.30. The number of nitrogens with zero attached hydrogens (tertiary/aromatic N) is 1. The number of allylic oxidation sites excluding steroid dienone is 4. The number of esters is 1. The van der Waals surface area contributed by atoms with Gasteiger partial charge in [0.1, 0.15) is 0 Å². The first-order chi connectivity index (χ1) is 7.53. The lowest BCUT2D eigenvalue weighted by molar-refractivity contribution is -0.136. The quantitative estimate of drug-likeness (QED) is 0.316. The molecule has 0 saturated heterocycles. The molecular formula is C13H17NO2. The highest BCUT2D eigenvalue weighted by molar-refractivity contribution is 5.87. The van der Waals surface area contributed by atoms with E-state index >= 15 is 0 Å². The number of nitriles is 1. The SMILES string of the molecule is C=C(CC=C(C)C#N)C(=O)OC.C=CC=C. The summed E-state index contributed by atoms with van der Waals surface area (Å²) < 4.78 is 4.43. The van der Waals surface area contributed by atoms with Crippen LogP contribution in [0, 0.1) is 11.3 Å². The van der Waals surface area contributed by atoms with Crippen molar-refractivity contribution in [3.05, 3.63) is 49.1 Å². The Morgan fingerprint density at radius 3 is 2.25 bits per heavy atom. The third kappa shape index (κ3) is 10.0. The fourth-order valence-corrected chi connectivity index (χ4v) is 0.550. The second kappa shape index (κ2) is 11.0. The standard InChI is InChI=1S/C9H11NO2.C4H6/c1-7(6-10)4-5-8(2)9(11)12-3;1-3-4-2/h4H,2,5H2,1,3H3;3-4H,1-2H2. The zero-order chi connectivity index (χ0) is 13.0. The van der Waals surface area contributed by atoms with Crippen LogP contribution < -0.4 is 0 Å². The Labute approximate surface area is 97.0 Å². The summed E-state index contributed by atoms with van der Waals surface area (Å²) in [5.41, 5.74) is 0.923. The fraction of sp³-hybridized carbons (Fsp3) is 0.231. The molecule has 0 N–H and O–H groups in total. The largest absolute Gasteiger partial charge is 0.466 e. The second-order valence-corrected chi connectivity index (χ2v) is 2.77. The molecule has 0 aromatic rings. The van der Waals surface area contributed by atoms with Crippen molar-refractivity contribution < 1.29 is 9.53 Å². The van der Waals surface area contributed by atoms with Crippen molar-refractivity contribution in [3.8, 4) is 6.07 Å². The van der Waals surface area contributed by atoms with Gasteiger partial charge in [0.15, 0.2) is 0 Å². The fourth-order valence-electron chi connectivity index (χ4n) is 0.550. The van der Waals surface area contributed by atoms with Crippen LogP contribution in [0.4, 0.5) is 0 Å². The maximum Gasteiger partial charge on any atom is 0.333 e. The van der Waals surface area contributed by atoms with Crippen LogP contribution in [0.1, 0.15) is 13.3 Å². The number of carbonyl (C=O) groups excluding carboxylic acids is 1. The number of ether oxygens (including phenoxy) is 1. The van der Waals surface area contributed by atoms with Crippen molar-refractivity contribution in [1.29, 1.82) is 5.26 Å². The van der Waals surface area contributed by atoms with Crippen LogP contribution in [-0.2, 0) is 9.53 Å². The van der Waals surface area contributed by atoms with Gasteiger partial charge in [-0.1, -0.05) is 38.0 Å². The van der Waals surface area contributed by atoms with Crippen molar-refractivity contribution in [2.45, 2.75) is 13.3 Å². The minimum Gasteiger partial charge on any atom is -0.466 e. The summed E-state index contributed by atoms with van der Waals surface area (Å²) in [5, 5.41) is 8.38. The lowest BCUT2D eigenvalue weighted by Crippen LogP contribution is -2.02. The lowest BCUT2D eigenvalue weighted by Gasteiger charge is -1.98. The van der Waals surface area contributed by atoms with Crippen molar-refractivity contribution in [3.63, 3.8) is 0 Å². The molecule has 0 fully saturated rings. The molecular weight excluding hydrogens is 202 g/mol. The smallest absolute Gasteiger partial charge is 0.333 e. The molecule has 3 nitrogen and oxygen atoms in total. The minimum absolute atomic E-state index is 0.354. The predicted molar refractivity (Wildman–Crippen MR) is 65.5 cm³/mol. The monoisotopic (exact) mass is 219 g/mol. The molecule has 0 aliphatic rings. The van der Waals surface area contributed by atoms with E-state index < -0.39 is 5.97 Å². The van der Waals surface area contributed by atoms with Gasteiger partial charge in [-0.25, -0.2) is 4.79 Å². The molecule has 0 saturated carbocycles. The Balaban J connectivity index is 0.